The van der Waals surface area contributed by atoms with E-state index in [4.69, 9.17) is 17.3 Å². The van der Waals surface area contributed by atoms with E-state index in [-0.39, 0.29) is 5.82 Å². The van der Waals surface area contributed by atoms with Gasteiger partial charge >= 0.3 is 0 Å². The first-order valence-corrected chi connectivity index (χ1v) is 5.14. The van der Waals surface area contributed by atoms with E-state index in [1.165, 1.54) is 18.2 Å². The van der Waals surface area contributed by atoms with Crippen LogP contribution in [0.5, 0.6) is 0 Å². The van der Waals surface area contributed by atoms with E-state index in [1.807, 2.05) is 13.0 Å². The number of nitrogens with zero attached hydrogens (tertiary/aromatic N) is 1. The number of halogens is 2. The zero-order chi connectivity index (χ0) is 11.7. The molecule has 1 heterocycles. The Morgan fingerprint density at radius 2 is 2.06 bits per heavy atom. The van der Waals surface area contributed by atoms with Crippen molar-refractivity contribution < 1.29 is 4.39 Å². The van der Waals surface area contributed by atoms with Crippen LogP contribution in [-0.4, -0.2) is 4.98 Å². The van der Waals surface area contributed by atoms with Crippen LogP contribution in [0, 0.1) is 12.7 Å². The number of benzene rings is 1. The van der Waals surface area contributed by atoms with Crippen molar-refractivity contribution >= 4 is 17.4 Å². The van der Waals surface area contributed by atoms with Crippen LogP contribution in [0.3, 0.4) is 0 Å². The second kappa shape index (κ2) is 4.10. The molecule has 0 unspecified atom stereocenters. The molecule has 2 rings (SSSR count). The quantitative estimate of drug-likeness (QED) is 0.824. The zero-order valence-corrected chi connectivity index (χ0v) is 9.42. The predicted molar refractivity (Wildman–Crippen MR) is 63.8 cm³/mol. The standard InChI is InChI=1S/C12H10ClFN2/c1-7-4-5-16-12(15)11(7)9-6-8(14)2-3-10(9)13/h2-6H,1H3,(H2,15,16). The molecule has 0 aliphatic rings. The highest BCUT2D eigenvalue weighted by Crippen LogP contribution is 2.33. The first-order chi connectivity index (χ1) is 7.59. The van der Waals surface area contributed by atoms with Gasteiger partial charge in [0.05, 0.1) is 0 Å². The second-order valence-electron chi connectivity index (χ2n) is 3.51. The van der Waals surface area contributed by atoms with Crippen molar-refractivity contribution in [3.63, 3.8) is 0 Å². The first-order valence-electron chi connectivity index (χ1n) is 4.76. The number of aryl methyl sites for hydroxylation is 1. The van der Waals surface area contributed by atoms with Crippen molar-refractivity contribution in [3.05, 3.63) is 46.9 Å². The predicted octanol–water partition coefficient (Wildman–Crippen LogP) is 3.43. The van der Waals surface area contributed by atoms with Crippen LogP contribution in [0.1, 0.15) is 5.56 Å². The van der Waals surface area contributed by atoms with Crippen molar-refractivity contribution in [2.24, 2.45) is 0 Å². The normalized spacial score (nSPS) is 10.4. The molecule has 2 N–H and O–H groups in total. The Balaban J connectivity index is 2.72. The molecular weight excluding hydrogens is 227 g/mol. The van der Waals surface area contributed by atoms with Crippen LogP contribution in [0.15, 0.2) is 30.5 Å². The van der Waals surface area contributed by atoms with Gasteiger partial charge in [-0.1, -0.05) is 11.6 Å². The maximum atomic E-state index is 13.2. The fourth-order valence-corrected chi connectivity index (χ4v) is 1.83. The lowest BCUT2D eigenvalue weighted by Gasteiger charge is -2.10. The molecule has 0 bridgehead atoms. The number of nitrogens with two attached hydrogens (primary N) is 1. The number of rotatable bonds is 1. The average molecular weight is 237 g/mol. The fraction of sp³-hybridized carbons (Fsp3) is 0.0833. The molecular formula is C12H10ClFN2. The van der Waals surface area contributed by atoms with E-state index in [1.54, 1.807) is 6.20 Å². The van der Waals surface area contributed by atoms with Gasteiger partial charge in [0.25, 0.3) is 0 Å². The number of anilines is 1. The van der Waals surface area contributed by atoms with E-state index in [0.717, 1.165) is 5.56 Å². The van der Waals surface area contributed by atoms with Crippen LogP contribution < -0.4 is 5.73 Å². The van der Waals surface area contributed by atoms with E-state index in [9.17, 15) is 4.39 Å². The van der Waals surface area contributed by atoms with Gasteiger partial charge < -0.3 is 5.73 Å². The van der Waals surface area contributed by atoms with E-state index < -0.39 is 0 Å². The highest BCUT2D eigenvalue weighted by atomic mass is 35.5. The van der Waals surface area contributed by atoms with Gasteiger partial charge in [-0.2, -0.15) is 0 Å². The van der Waals surface area contributed by atoms with Gasteiger partial charge in [-0.25, -0.2) is 9.37 Å². The Kier molecular flexibility index (Phi) is 2.79. The summed E-state index contributed by atoms with van der Waals surface area (Å²) in [6, 6.07) is 6.00. The third-order valence-electron chi connectivity index (χ3n) is 2.39. The molecule has 1 aromatic carbocycles. The topological polar surface area (TPSA) is 38.9 Å². The van der Waals surface area contributed by atoms with E-state index in [2.05, 4.69) is 4.98 Å². The molecule has 2 nitrogen and oxygen atoms in total. The minimum absolute atomic E-state index is 0.345. The molecule has 16 heavy (non-hydrogen) atoms. The van der Waals surface area contributed by atoms with Gasteiger partial charge in [-0.05, 0) is 36.8 Å². The average Bonchev–Trinajstić information content (AvgIpc) is 2.23. The minimum atomic E-state index is -0.345. The van der Waals surface area contributed by atoms with Gasteiger partial charge in [0, 0.05) is 22.3 Å². The SMILES string of the molecule is Cc1ccnc(N)c1-c1cc(F)ccc1Cl. The zero-order valence-electron chi connectivity index (χ0n) is 8.67. The Hall–Kier alpha value is -1.61. The molecule has 2 aromatic rings. The van der Waals surface area contributed by atoms with Crippen LogP contribution in [0.2, 0.25) is 5.02 Å². The molecule has 82 valence electrons. The van der Waals surface area contributed by atoms with Crippen LogP contribution in [0.4, 0.5) is 10.2 Å². The molecule has 0 amide bonds. The fourth-order valence-electron chi connectivity index (χ4n) is 1.62. The van der Waals surface area contributed by atoms with E-state index >= 15 is 0 Å². The molecule has 0 aliphatic carbocycles. The minimum Gasteiger partial charge on any atom is -0.383 e. The lowest BCUT2D eigenvalue weighted by atomic mass is 10.0. The van der Waals surface area contributed by atoms with Crippen molar-refractivity contribution in [1.29, 1.82) is 0 Å². The lowest BCUT2D eigenvalue weighted by molar-refractivity contribution is 0.628. The highest BCUT2D eigenvalue weighted by molar-refractivity contribution is 6.33. The molecule has 0 atom stereocenters. The van der Waals surface area contributed by atoms with Crippen molar-refractivity contribution in [3.8, 4) is 11.1 Å². The third-order valence-corrected chi connectivity index (χ3v) is 2.72. The number of aromatic nitrogens is 1. The number of nitrogen functional groups attached to an aromatic ring is 1. The summed E-state index contributed by atoms with van der Waals surface area (Å²) >= 11 is 6.02. The van der Waals surface area contributed by atoms with Gasteiger partial charge in [0.2, 0.25) is 0 Å². The van der Waals surface area contributed by atoms with Crippen LogP contribution in [-0.2, 0) is 0 Å². The number of pyridine rings is 1. The summed E-state index contributed by atoms with van der Waals surface area (Å²) in [4.78, 5) is 3.98. The molecule has 0 spiro atoms. The second-order valence-corrected chi connectivity index (χ2v) is 3.92. The van der Waals surface area contributed by atoms with Gasteiger partial charge in [0.1, 0.15) is 11.6 Å². The van der Waals surface area contributed by atoms with Crippen molar-refractivity contribution in [2.45, 2.75) is 6.92 Å². The number of hydrogen-bond acceptors (Lipinski definition) is 2. The molecule has 0 radical (unpaired) electrons. The molecule has 0 fully saturated rings. The maximum absolute atomic E-state index is 13.2. The Labute approximate surface area is 97.9 Å². The number of hydrogen-bond donors (Lipinski definition) is 1. The monoisotopic (exact) mass is 236 g/mol. The summed E-state index contributed by atoms with van der Waals surface area (Å²) in [6.07, 6.45) is 1.61. The Morgan fingerprint density at radius 1 is 1.31 bits per heavy atom. The largest absolute Gasteiger partial charge is 0.383 e. The van der Waals surface area contributed by atoms with Gasteiger partial charge in [-0.15, -0.1) is 0 Å². The summed E-state index contributed by atoms with van der Waals surface area (Å²) in [5.41, 5.74) is 7.96. The van der Waals surface area contributed by atoms with Crippen LogP contribution >= 0.6 is 11.6 Å². The van der Waals surface area contributed by atoms with Crippen molar-refractivity contribution in [1.82, 2.24) is 4.98 Å². The molecule has 1 aromatic heterocycles. The summed E-state index contributed by atoms with van der Waals surface area (Å²) < 4.78 is 13.2. The van der Waals surface area contributed by atoms with E-state index in [0.29, 0.717) is 22.0 Å². The highest BCUT2D eigenvalue weighted by Gasteiger charge is 2.11. The maximum Gasteiger partial charge on any atom is 0.131 e. The Bertz CT molecular complexity index is 520. The Morgan fingerprint density at radius 3 is 2.75 bits per heavy atom. The first kappa shape index (κ1) is 10.9. The molecule has 0 aliphatic heterocycles. The third kappa shape index (κ3) is 1.86. The summed E-state index contributed by atoms with van der Waals surface area (Å²) in [7, 11) is 0. The lowest BCUT2D eigenvalue weighted by Crippen LogP contribution is -1.97. The van der Waals surface area contributed by atoms with Gasteiger partial charge in [-0.3, -0.25) is 0 Å². The molecule has 0 saturated heterocycles. The summed E-state index contributed by atoms with van der Waals surface area (Å²) in [6.45, 7) is 1.88. The molecule has 4 heteroatoms. The van der Waals surface area contributed by atoms with Gasteiger partial charge in [0.15, 0.2) is 0 Å². The smallest absolute Gasteiger partial charge is 0.131 e. The molecule has 0 saturated carbocycles. The van der Waals surface area contributed by atoms with Crippen LogP contribution in [0.25, 0.3) is 11.1 Å². The van der Waals surface area contributed by atoms with Crippen molar-refractivity contribution in [2.75, 3.05) is 5.73 Å². The summed E-state index contributed by atoms with van der Waals surface area (Å²) in [5.74, 6) is 0.00885. The summed E-state index contributed by atoms with van der Waals surface area (Å²) in [5, 5.41) is 0.462.